The highest BCUT2D eigenvalue weighted by Gasteiger charge is 2.17. The molecule has 1 unspecified atom stereocenters. The van der Waals surface area contributed by atoms with E-state index in [1.165, 1.54) is 0 Å². The van der Waals surface area contributed by atoms with Crippen LogP contribution >= 0.6 is 0 Å². The average molecular weight is 343 g/mol. The summed E-state index contributed by atoms with van der Waals surface area (Å²) in [6, 6.07) is 13.6. The molecule has 5 nitrogen and oxygen atoms in total. The normalized spacial score (nSPS) is 11.7. The molecule has 1 atom stereocenters. The standard InChI is InChI=1S/C20H25NO4/c1-4-23-20(22)15(3)25-19-7-5-6-18(14(19)2)16-8-10-17(11-9-16)24-13-12-21/h5-11,15H,4,12-13,21H2,1-3H3. The van der Waals surface area contributed by atoms with Gasteiger partial charge >= 0.3 is 5.97 Å². The molecule has 0 amide bonds. The van der Waals surface area contributed by atoms with Crippen molar-refractivity contribution in [1.82, 2.24) is 0 Å². The lowest BCUT2D eigenvalue weighted by Gasteiger charge is -2.17. The second-order valence-corrected chi connectivity index (χ2v) is 5.60. The van der Waals surface area contributed by atoms with Crippen molar-refractivity contribution in [1.29, 1.82) is 0 Å². The van der Waals surface area contributed by atoms with Crippen LogP contribution in [0.2, 0.25) is 0 Å². The van der Waals surface area contributed by atoms with Crippen LogP contribution in [0.25, 0.3) is 11.1 Å². The van der Waals surface area contributed by atoms with E-state index in [0.29, 0.717) is 25.5 Å². The van der Waals surface area contributed by atoms with Crippen molar-refractivity contribution in [3.63, 3.8) is 0 Å². The van der Waals surface area contributed by atoms with Crippen molar-refractivity contribution in [3.05, 3.63) is 48.0 Å². The molecule has 134 valence electrons. The maximum absolute atomic E-state index is 11.8. The Bertz CT molecular complexity index is 697. The first-order valence-corrected chi connectivity index (χ1v) is 8.43. The van der Waals surface area contributed by atoms with Crippen LogP contribution in [0, 0.1) is 6.92 Å². The molecule has 5 heteroatoms. The van der Waals surface area contributed by atoms with Crippen LogP contribution in [0.4, 0.5) is 0 Å². The van der Waals surface area contributed by atoms with Gasteiger partial charge in [0.15, 0.2) is 6.10 Å². The van der Waals surface area contributed by atoms with Crippen LogP contribution in [0.15, 0.2) is 42.5 Å². The summed E-state index contributed by atoms with van der Waals surface area (Å²) in [6.45, 7) is 6.75. The molecule has 0 fully saturated rings. The maximum Gasteiger partial charge on any atom is 0.347 e. The van der Waals surface area contributed by atoms with Crippen LogP contribution in [0.5, 0.6) is 11.5 Å². The van der Waals surface area contributed by atoms with Gasteiger partial charge in [0, 0.05) is 6.54 Å². The first kappa shape index (κ1) is 18.8. The molecule has 0 bridgehead atoms. The molecule has 0 aliphatic rings. The number of esters is 1. The Labute approximate surface area is 148 Å². The SMILES string of the molecule is CCOC(=O)C(C)Oc1cccc(-c2ccc(OCCN)cc2)c1C. The summed E-state index contributed by atoms with van der Waals surface area (Å²) < 4.78 is 16.3. The molecule has 0 saturated carbocycles. The van der Waals surface area contributed by atoms with Gasteiger partial charge in [0.2, 0.25) is 0 Å². The summed E-state index contributed by atoms with van der Waals surface area (Å²) in [7, 11) is 0. The van der Waals surface area contributed by atoms with E-state index in [4.69, 9.17) is 19.9 Å². The molecule has 0 aromatic heterocycles. The molecule has 0 aliphatic carbocycles. The van der Waals surface area contributed by atoms with Gasteiger partial charge in [-0.15, -0.1) is 0 Å². The van der Waals surface area contributed by atoms with Crippen molar-refractivity contribution in [2.24, 2.45) is 5.73 Å². The second kappa shape index (κ2) is 9.08. The molecule has 2 aromatic rings. The third kappa shape index (κ3) is 4.97. The highest BCUT2D eigenvalue weighted by molar-refractivity contribution is 5.75. The van der Waals surface area contributed by atoms with E-state index in [9.17, 15) is 4.79 Å². The monoisotopic (exact) mass is 343 g/mol. The van der Waals surface area contributed by atoms with Crippen molar-refractivity contribution in [3.8, 4) is 22.6 Å². The minimum Gasteiger partial charge on any atom is -0.492 e. The van der Waals surface area contributed by atoms with Gasteiger partial charge in [-0.25, -0.2) is 4.79 Å². The van der Waals surface area contributed by atoms with Gasteiger partial charge < -0.3 is 19.9 Å². The molecule has 2 N–H and O–H groups in total. The van der Waals surface area contributed by atoms with Crippen LogP contribution in [-0.4, -0.2) is 31.8 Å². The van der Waals surface area contributed by atoms with Crippen LogP contribution < -0.4 is 15.2 Å². The Morgan fingerprint density at radius 3 is 2.52 bits per heavy atom. The van der Waals surface area contributed by atoms with Crippen LogP contribution in [0.3, 0.4) is 0 Å². The first-order chi connectivity index (χ1) is 12.1. The summed E-state index contributed by atoms with van der Waals surface area (Å²) in [4.78, 5) is 11.8. The second-order valence-electron chi connectivity index (χ2n) is 5.60. The van der Waals surface area contributed by atoms with Gasteiger partial charge in [-0.2, -0.15) is 0 Å². The van der Waals surface area contributed by atoms with E-state index in [-0.39, 0.29) is 5.97 Å². The van der Waals surface area contributed by atoms with Crippen LogP contribution in [0.1, 0.15) is 19.4 Å². The fraction of sp³-hybridized carbons (Fsp3) is 0.350. The molecule has 0 spiro atoms. The van der Waals surface area contributed by atoms with Crippen molar-refractivity contribution in [2.45, 2.75) is 26.9 Å². The number of carbonyl (C=O) groups is 1. The number of nitrogens with two attached hydrogens (primary N) is 1. The van der Waals surface area contributed by atoms with E-state index in [1.54, 1.807) is 13.8 Å². The highest BCUT2D eigenvalue weighted by Crippen LogP contribution is 2.31. The number of hydrogen-bond donors (Lipinski definition) is 1. The Balaban J connectivity index is 2.18. The van der Waals surface area contributed by atoms with Crippen molar-refractivity contribution >= 4 is 5.97 Å². The molecule has 25 heavy (non-hydrogen) atoms. The van der Waals surface area contributed by atoms with E-state index in [2.05, 4.69) is 0 Å². The van der Waals surface area contributed by atoms with Gasteiger partial charge in [-0.1, -0.05) is 24.3 Å². The first-order valence-electron chi connectivity index (χ1n) is 8.43. The fourth-order valence-corrected chi connectivity index (χ4v) is 2.46. The zero-order valence-electron chi connectivity index (χ0n) is 15.0. The Morgan fingerprint density at radius 1 is 1.16 bits per heavy atom. The van der Waals surface area contributed by atoms with Crippen LogP contribution in [-0.2, 0) is 9.53 Å². The Kier molecular flexibility index (Phi) is 6.83. The summed E-state index contributed by atoms with van der Waals surface area (Å²) in [5.41, 5.74) is 8.50. The van der Waals surface area contributed by atoms with Gasteiger partial charge in [-0.05, 0) is 55.7 Å². The fourth-order valence-electron chi connectivity index (χ4n) is 2.46. The molecule has 2 rings (SSSR count). The van der Waals surface area contributed by atoms with Gasteiger partial charge in [0.05, 0.1) is 6.61 Å². The summed E-state index contributed by atoms with van der Waals surface area (Å²) in [5.74, 6) is 1.09. The Hall–Kier alpha value is -2.53. The van der Waals surface area contributed by atoms with E-state index in [0.717, 1.165) is 22.4 Å². The lowest BCUT2D eigenvalue weighted by Crippen LogP contribution is -2.26. The molecule has 2 aromatic carbocycles. The lowest BCUT2D eigenvalue weighted by atomic mass is 10.00. The molecular formula is C20H25NO4. The lowest BCUT2D eigenvalue weighted by molar-refractivity contribution is -0.150. The van der Waals surface area contributed by atoms with E-state index in [1.807, 2.05) is 49.4 Å². The Morgan fingerprint density at radius 2 is 1.88 bits per heavy atom. The van der Waals surface area contributed by atoms with Gasteiger partial charge in [0.1, 0.15) is 18.1 Å². The molecule has 0 heterocycles. The van der Waals surface area contributed by atoms with Crippen molar-refractivity contribution < 1.29 is 19.0 Å². The topological polar surface area (TPSA) is 70.8 Å². The number of ether oxygens (including phenoxy) is 3. The third-order valence-corrected chi connectivity index (χ3v) is 3.76. The predicted octanol–water partition coefficient (Wildman–Crippen LogP) is 3.33. The minimum absolute atomic E-state index is 0.337. The molecule has 0 saturated heterocycles. The summed E-state index contributed by atoms with van der Waals surface area (Å²) in [5, 5.41) is 0. The van der Waals surface area contributed by atoms with Gasteiger partial charge in [-0.3, -0.25) is 0 Å². The molecule has 0 radical (unpaired) electrons. The number of rotatable bonds is 8. The number of benzene rings is 2. The number of hydrogen-bond acceptors (Lipinski definition) is 5. The average Bonchev–Trinajstić information content (AvgIpc) is 2.62. The summed E-state index contributed by atoms with van der Waals surface area (Å²) in [6.07, 6.45) is -0.652. The quantitative estimate of drug-likeness (QED) is 0.745. The van der Waals surface area contributed by atoms with E-state index >= 15 is 0 Å². The van der Waals surface area contributed by atoms with Crippen molar-refractivity contribution in [2.75, 3.05) is 19.8 Å². The number of carbonyl (C=O) groups excluding carboxylic acids is 1. The third-order valence-electron chi connectivity index (χ3n) is 3.76. The zero-order valence-corrected chi connectivity index (χ0v) is 15.0. The predicted molar refractivity (Wildman–Crippen MR) is 97.9 cm³/mol. The zero-order chi connectivity index (χ0) is 18.2. The highest BCUT2D eigenvalue weighted by atomic mass is 16.6. The smallest absolute Gasteiger partial charge is 0.347 e. The molecular weight excluding hydrogens is 318 g/mol. The van der Waals surface area contributed by atoms with Gasteiger partial charge in [0.25, 0.3) is 0 Å². The largest absolute Gasteiger partial charge is 0.492 e. The maximum atomic E-state index is 11.8. The minimum atomic E-state index is -0.652. The molecule has 0 aliphatic heterocycles. The summed E-state index contributed by atoms with van der Waals surface area (Å²) >= 11 is 0. The van der Waals surface area contributed by atoms with E-state index < -0.39 is 6.10 Å².